The SMILES string of the molecule is COc1ccccc1C(=O)Oc1ccc2c(c1)[C@H](C)CC(C)(C)N2. The van der Waals surface area contributed by atoms with Crippen LogP contribution in [0.1, 0.15) is 49.0 Å². The van der Waals surface area contributed by atoms with Gasteiger partial charge >= 0.3 is 5.97 Å². The molecule has 4 nitrogen and oxygen atoms in total. The molecule has 1 heterocycles. The van der Waals surface area contributed by atoms with Crippen LogP contribution >= 0.6 is 0 Å². The lowest BCUT2D eigenvalue weighted by Crippen LogP contribution is -2.36. The van der Waals surface area contributed by atoms with Crippen molar-refractivity contribution in [1.29, 1.82) is 0 Å². The number of rotatable bonds is 3. The molecule has 1 N–H and O–H groups in total. The van der Waals surface area contributed by atoms with Crippen molar-refractivity contribution in [1.82, 2.24) is 0 Å². The van der Waals surface area contributed by atoms with Gasteiger partial charge in [0.15, 0.2) is 0 Å². The van der Waals surface area contributed by atoms with Crippen molar-refractivity contribution in [2.45, 2.75) is 38.6 Å². The van der Waals surface area contributed by atoms with Crippen molar-refractivity contribution >= 4 is 11.7 Å². The molecular formula is C20H23NO3. The first-order valence-electron chi connectivity index (χ1n) is 8.17. The van der Waals surface area contributed by atoms with Gasteiger partial charge < -0.3 is 14.8 Å². The Labute approximate surface area is 142 Å². The maximum Gasteiger partial charge on any atom is 0.347 e. The summed E-state index contributed by atoms with van der Waals surface area (Å²) in [5, 5.41) is 3.54. The summed E-state index contributed by atoms with van der Waals surface area (Å²) in [4.78, 5) is 12.4. The molecule has 0 amide bonds. The number of para-hydroxylation sites is 1. The number of hydrogen-bond donors (Lipinski definition) is 1. The first-order valence-corrected chi connectivity index (χ1v) is 8.17. The van der Waals surface area contributed by atoms with Crippen LogP contribution in [0.5, 0.6) is 11.5 Å². The van der Waals surface area contributed by atoms with Crippen molar-refractivity contribution in [3.05, 3.63) is 53.6 Å². The standard InChI is InChI=1S/C20H23NO3/c1-13-12-20(2,3)21-17-10-9-14(11-16(13)17)24-19(22)15-7-5-6-8-18(15)23-4/h5-11,13,21H,12H2,1-4H3/t13-/m1/s1. The van der Waals surface area contributed by atoms with Gasteiger partial charge in [0.2, 0.25) is 0 Å². The summed E-state index contributed by atoms with van der Waals surface area (Å²) in [5.41, 5.74) is 2.78. The predicted molar refractivity (Wildman–Crippen MR) is 95.1 cm³/mol. The monoisotopic (exact) mass is 325 g/mol. The molecule has 0 aromatic heterocycles. The fourth-order valence-electron chi connectivity index (χ4n) is 3.39. The molecule has 0 radical (unpaired) electrons. The van der Waals surface area contributed by atoms with E-state index in [1.165, 1.54) is 5.56 Å². The lowest BCUT2D eigenvalue weighted by Gasteiger charge is -2.37. The lowest BCUT2D eigenvalue weighted by atomic mass is 9.82. The molecule has 24 heavy (non-hydrogen) atoms. The zero-order valence-corrected chi connectivity index (χ0v) is 14.6. The van der Waals surface area contributed by atoms with Gasteiger partial charge in [-0.05, 0) is 62.1 Å². The van der Waals surface area contributed by atoms with Gasteiger partial charge in [-0.15, -0.1) is 0 Å². The first kappa shape index (κ1) is 16.4. The van der Waals surface area contributed by atoms with Crippen molar-refractivity contribution in [2.24, 2.45) is 0 Å². The molecular weight excluding hydrogens is 302 g/mol. The van der Waals surface area contributed by atoms with Crippen LogP contribution < -0.4 is 14.8 Å². The number of esters is 1. The molecule has 0 unspecified atom stereocenters. The summed E-state index contributed by atoms with van der Waals surface area (Å²) in [6.07, 6.45) is 1.03. The molecule has 4 heteroatoms. The van der Waals surface area contributed by atoms with E-state index in [4.69, 9.17) is 9.47 Å². The van der Waals surface area contributed by atoms with E-state index in [9.17, 15) is 4.79 Å². The van der Waals surface area contributed by atoms with E-state index in [-0.39, 0.29) is 5.54 Å². The number of fused-ring (bicyclic) bond motifs is 1. The van der Waals surface area contributed by atoms with Crippen molar-refractivity contribution in [3.63, 3.8) is 0 Å². The molecule has 1 aliphatic rings. The summed E-state index contributed by atoms with van der Waals surface area (Å²) in [5.74, 6) is 1.06. The minimum absolute atomic E-state index is 0.0714. The van der Waals surface area contributed by atoms with Gasteiger partial charge in [-0.2, -0.15) is 0 Å². The highest BCUT2D eigenvalue weighted by Crippen LogP contribution is 2.40. The topological polar surface area (TPSA) is 47.6 Å². The maximum absolute atomic E-state index is 12.4. The van der Waals surface area contributed by atoms with Crippen LogP contribution in [0.3, 0.4) is 0 Å². The minimum atomic E-state index is -0.413. The molecule has 2 aromatic rings. The van der Waals surface area contributed by atoms with Crippen LogP contribution in [0, 0.1) is 0 Å². The highest BCUT2D eigenvalue weighted by molar-refractivity contribution is 5.94. The van der Waals surface area contributed by atoms with Gasteiger partial charge in [0, 0.05) is 11.2 Å². The van der Waals surface area contributed by atoms with Crippen LogP contribution in [0.4, 0.5) is 5.69 Å². The number of carbonyl (C=O) groups is 1. The summed E-state index contributed by atoms with van der Waals surface area (Å²) in [7, 11) is 1.54. The van der Waals surface area contributed by atoms with Gasteiger partial charge in [-0.3, -0.25) is 0 Å². The van der Waals surface area contributed by atoms with Crippen LogP contribution in [-0.4, -0.2) is 18.6 Å². The van der Waals surface area contributed by atoms with Crippen LogP contribution in [-0.2, 0) is 0 Å². The Bertz CT molecular complexity index is 767. The first-order chi connectivity index (χ1) is 11.4. The Morgan fingerprint density at radius 1 is 1.21 bits per heavy atom. The molecule has 0 aliphatic carbocycles. The van der Waals surface area contributed by atoms with E-state index in [2.05, 4.69) is 26.1 Å². The van der Waals surface area contributed by atoms with Gasteiger partial charge in [0.25, 0.3) is 0 Å². The summed E-state index contributed by atoms with van der Waals surface area (Å²) >= 11 is 0. The van der Waals surface area contributed by atoms with E-state index in [1.54, 1.807) is 25.3 Å². The summed E-state index contributed by atoms with van der Waals surface area (Å²) in [6.45, 7) is 6.59. The molecule has 126 valence electrons. The third-order valence-corrected chi connectivity index (χ3v) is 4.38. The van der Waals surface area contributed by atoms with Crippen LogP contribution in [0.25, 0.3) is 0 Å². The van der Waals surface area contributed by atoms with Crippen LogP contribution in [0.2, 0.25) is 0 Å². The van der Waals surface area contributed by atoms with E-state index in [0.717, 1.165) is 12.1 Å². The molecule has 1 aliphatic heterocycles. The summed E-state index contributed by atoms with van der Waals surface area (Å²) < 4.78 is 10.8. The second kappa shape index (κ2) is 6.19. The quantitative estimate of drug-likeness (QED) is 0.661. The molecule has 2 aromatic carbocycles. The van der Waals surface area contributed by atoms with Gasteiger partial charge in [-0.1, -0.05) is 19.1 Å². The highest BCUT2D eigenvalue weighted by atomic mass is 16.5. The molecule has 0 saturated carbocycles. The predicted octanol–water partition coefficient (Wildman–Crippen LogP) is 4.61. The van der Waals surface area contributed by atoms with Gasteiger partial charge in [0.1, 0.15) is 17.1 Å². The van der Waals surface area contributed by atoms with Crippen molar-refractivity contribution in [2.75, 3.05) is 12.4 Å². The number of benzene rings is 2. The average molecular weight is 325 g/mol. The second-order valence-corrected chi connectivity index (χ2v) is 6.95. The molecule has 1 atom stereocenters. The zero-order chi connectivity index (χ0) is 17.3. The fraction of sp³-hybridized carbons (Fsp3) is 0.350. The second-order valence-electron chi connectivity index (χ2n) is 6.95. The average Bonchev–Trinajstić information content (AvgIpc) is 2.54. The van der Waals surface area contributed by atoms with Crippen LogP contribution in [0.15, 0.2) is 42.5 Å². The molecule has 0 bridgehead atoms. The number of carbonyl (C=O) groups excluding carboxylic acids is 1. The van der Waals surface area contributed by atoms with E-state index >= 15 is 0 Å². The Morgan fingerprint density at radius 3 is 2.71 bits per heavy atom. The fourth-order valence-corrected chi connectivity index (χ4v) is 3.39. The number of ether oxygens (including phenoxy) is 2. The molecule has 0 fully saturated rings. The van der Waals surface area contributed by atoms with Gasteiger partial charge in [0.05, 0.1) is 7.11 Å². The molecule has 0 saturated heterocycles. The van der Waals surface area contributed by atoms with Gasteiger partial charge in [-0.25, -0.2) is 4.79 Å². The maximum atomic E-state index is 12.4. The van der Waals surface area contributed by atoms with E-state index < -0.39 is 5.97 Å². The third kappa shape index (κ3) is 3.23. The Morgan fingerprint density at radius 2 is 1.96 bits per heavy atom. The normalized spacial score (nSPS) is 18.2. The Balaban J connectivity index is 1.84. The Kier molecular flexibility index (Phi) is 4.22. The minimum Gasteiger partial charge on any atom is -0.496 e. The number of hydrogen-bond acceptors (Lipinski definition) is 4. The summed E-state index contributed by atoms with van der Waals surface area (Å²) in [6, 6.07) is 12.8. The van der Waals surface area contributed by atoms with E-state index in [0.29, 0.717) is 23.0 Å². The lowest BCUT2D eigenvalue weighted by molar-refractivity contribution is 0.0731. The smallest absolute Gasteiger partial charge is 0.347 e. The Hall–Kier alpha value is -2.49. The third-order valence-electron chi connectivity index (χ3n) is 4.38. The largest absolute Gasteiger partial charge is 0.496 e. The zero-order valence-electron chi connectivity index (χ0n) is 14.6. The van der Waals surface area contributed by atoms with Crippen molar-refractivity contribution in [3.8, 4) is 11.5 Å². The highest BCUT2D eigenvalue weighted by Gasteiger charge is 2.29. The number of nitrogens with one attached hydrogen (secondary N) is 1. The van der Waals surface area contributed by atoms with Crippen molar-refractivity contribution < 1.29 is 14.3 Å². The molecule has 0 spiro atoms. The molecule has 3 rings (SSSR count). The number of anilines is 1. The number of methoxy groups -OCH3 is 1. The van der Waals surface area contributed by atoms with E-state index in [1.807, 2.05) is 24.3 Å².